The lowest BCUT2D eigenvalue weighted by Crippen LogP contribution is -2.45. The average Bonchev–Trinajstić information content (AvgIpc) is 2.75. The minimum atomic E-state index is -2.53. The summed E-state index contributed by atoms with van der Waals surface area (Å²) in [6.45, 7) is 10.7. The standard InChI is InChI=1S/C22H43NO8Si/c1-5-29-32(30-6-2,31-7-3)19-12-10-8-9-11-17-28-22(26)23-15-18-27-16-13-14-20(4)21(24)25/h14H,5-13,15-19H2,1-4H3,(H,23,26)(H,24,25). The topological polar surface area (TPSA) is 113 Å². The Kier molecular flexibility index (Phi) is 19.2. The summed E-state index contributed by atoms with van der Waals surface area (Å²) in [4.78, 5) is 22.3. The number of alkyl carbamates (subject to hydrolysis) is 1. The van der Waals surface area contributed by atoms with E-state index in [1.54, 1.807) is 13.0 Å². The molecule has 0 fully saturated rings. The largest absolute Gasteiger partial charge is 0.500 e. The highest BCUT2D eigenvalue weighted by atomic mass is 28.4. The van der Waals surface area contributed by atoms with Gasteiger partial charge in [0.25, 0.3) is 0 Å². The van der Waals surface area contributed by atoms with Gasteiger partial charge in [-0.15, -0.1) is 0 Å². The van der Waals surface area contributed by atoms with E-state index in [0.29, 0.717) is 58.2 Å². The molecular formula is C22H43NO8Si. The van der Waals surface area contributed by atoms with Gasteiger partial charge in [0.2, 0.25) is 0 Å². The summed E-state index contributed by atoms with van der Waals surface area (Å²) in [5.74, 6) is -0.928. The number of carbonyl (C=O) groups excluding carboxylic acids is 1. The maximum Gasteiger partial charge on any atom is 0.500 e. The van der Waals surface area contributed by atoms with Crippen LogP contribution in [0, 0.1) is 0 Å². The van der Waals surface area contributed by atoms with Gasteiger partial charge in [-0.3, -0.25) is 0 Å². The van der Waals surface area contributed by atoms with E-state index in [2.05, 4.69) is 5.32 Å². The minimum absolute atomic E-state index is 0.298. The third-order valence-corrected chi connectivity index (χ3v) is 7.67. The van der Waals surface area contributed by atoms with Gasteiger partial charge in [0.15, 0.2) is 0 Å². The molecule has 0 aliphatic carbocycles. The highest BCUT2D eigenvalue weighted by molar-refractivity contribution is 6.60. The van der Waals surface area contributed by atoms with E-state index in [0.717, 1.165) is 38.1 Å². The van der Waals surface area contributed by atoms with Gasteiger partial charge in [-0.05, 0) is 47.0 Å². The van der Waals surface area contributed by atoms with Crippen molar-refractivity contribution < 1.29 is 37.4 Å². The molecule has 0 radical (unpaired) electrons. The van der Waals surface area contributed by atoms with Crippen molar-refractivity contribution in [2.45, 2.75) is 72.3 Å². The highest BCUT2D eigenvalue weighted by Gasteiger charge is 2.39. The van der Waals surface area contributed by atoms with E-state index >= 15 is 0 Å². The molecule has 0 bridgehead atoms. The number of carbonyl (C=O) groups is 2. The first-order valence-corrected chi connectivity index (χ1v) is 13.6. The highest BCUT2D eigenvalue weighted by Crippen LogP contribution is 2.20. The molecule has 0 spiro atoms. The molecule has 0 unspecified atom stereocenters. The molecule has 1 amide bonds. The first-order valence-electron chi connectivity index (χ1n) is 11.7. The molecule has 0 aromatic heterocycles. The monoisotopic (exact) mass is 477 g/mol. The Hall–Kier alpha value is -1.46. The second-order valence-electron chi connectivity index (χ2n) is 7.16. The summed E-state index contributed by atoms with van der Waals surface area (Å²) in [5, 5.41) is 11.4. The van der Waals surface area contributed by atoms with Crippen LogP contribution in [0.3, 0.4) is 0 Å². The molecule has 0 aromatic carbocycles. The number of ether oxygens (including phenoxy) is 2. The number of carboxylic acids is 1. The summed E-state index contributed by atoms with van der Waals surface area (Å²) in [6.07, 6.45) is 6.62. The predicted molar refractivity (Wildman–Crippen MR) is 125 cm³/mol. The Balaban J connectivity index is 3.68. The van der Waals surface area contributed by atoms with Crippen molar-refractivity contribution in [3.8, 4) is 0 Å². The van der Waals surface area contributed by atoms with Crippen LogP contribution < -0.4 is 5.32 Å². The lowest BCUT2D eigenvalue weighted by molar-refractivity contribution is -0.132. The number of amides is 1. The molecule has 9 nitrogen and oxygen atoms in total. The van der Waals surface area contributed by atoms with Gasteiger partial charge in [-0.2, -0.15) is 0 Å². The molecule has 32 heavy (non-hydrogen) atoms. The number of carboxylic acid groups (broad SMARTS) is 1. The van der Waals surface area contributed by atoms with Crippen LogP contribution >= 0.6 is 0 Å². The molecule has 0 aliphatic rings. The van der Waals surface area contributed by atoms with Crippen LogP contribution in [0.5, 0.6) is 0 Å². The van der Waals surface area contributed by atoms with Crippen molar-refractivity contribution in [2.75, 3.05) is 46.2 Å². The molecule has 0 aliphatic heterocycles. The molecular weight excluding hydrogens is 434 g/mol. The van der Waals surface area contributed by atoms with Crippen molar-refractivity contribution >= 4 is 20.9 Å². The van der Waals surface area contributed by atoms with Gasteiger partial charge >= 0.3 is 20.9 Å². The number of nitrogens with one attached hydrogen (secondary N) is 1. The maximum absolute atomic E-state index is 11.6. The molecule has 2 N–H and O–H groups in total. The molecule has 0 atom stereocenters. The van der Waals surface area contributed by atoms with Gasteiger partial charge < -0.3 is 33.2 Å². The van der Waals surface area contributed by atoms with Gasteiger partial charge in [0, 0.05) is 38.0 Å². The van der Waals surface area contributed by atoms with Crippen LogP contribution in [0.15, 0.2) is 11.6 Å². The summed E-state index contributed by atoms with van der Waals surface area (Å²) in [7, 11) is -2.53. The van der Waals surface area contributed by atoms with Crippen LogP contribution in [0.25, 0.3) is 0 Å². The zero-order valence-corrected chi connectivity index (χ0v) is 21.3. The zero-order chi connectivity index (χ0) is 24.1. The Morgan fingerprint density at radius 2 is 1.47 bits per heavy atom. The van der Waals surface area contributed by atoms with Crippen LogP contribution in [0.1, 0.15) is 66.2 Å². The van der Waals surface area contributed by atoms with Crippen molar-refractivity contribution in [1.82, 2.24) is 5.32 Å². The van der Waals surface area contributed by atoms with Crippen LogP contribution in [0.4, 0.5) is 4.79 Å². The molecule has 0 heterocycles. The summed E-state index contributed by atoms with van der Waals surface area (Å²) in [6, 6.07) is 0.832. The summed E-state index contributed by atoms with van der Waals surface area (Å²) < 4.78 is 28.1. The zero-order valence-electron chi connectivity index (χ0n) is 20.3. The quantitative estimate of drug-likeness (QED) is 0.144. The predicted octanol–water partition coefficient (Wildman–Crippen LogP) is 4.15. The number of aliphatic carboxylic acids is 1. The summed E-state index contributed by atoms with van der Waals surface area (Å²) >= 11 is 0. The lowest BCUT2D eigenvalue weighted by atomic mass is 10.2. The van der Waals surface area contributed by atoms with E-state index in [1.807, 2.05) is 20.8 Å². The third-order valence-electron chi connectivity index (χ3n) is 4.52. The fourth-order valence-corrected chi connectivity index (χ4v) is 5.65. The van der Waals surface area contributed by atoms with Crippen LogP contribution in [0.2, 0.25) is 6.04 Å². The molecule has 0 aromatic rings. The maximum atomic E-state index is 11.6. The van der Waals surface area contributed by atoms with E-state index in [4.69, 9.17) is 27.9 Å². The van der Waals surface area contributed by atoms with Gasteiger partial charge in [0.1, 0.15) is 0 Å². The fourth-order valence-electron chi connectivity index (χ4n) is 2.96. The van der Waals surface area contributed by atoms with Crippen LogP contribution in [-0.2, 0) is 27.5 Å². The van der Waals surface area contributed by atoms with Crippen molar-refractivity contribution in [3.63, 3.8) is 0 Å². The summed E-state index contributed by atoms with van der Waals surface area (Å²) in [5.41, 5.74) is 0.298. The SMILES string of the molecule is CCO[Si](CCCCCCCOC(=O)NCCOCCC=C(C)C(=O)O)(OCC)OCC. The Morgan fingerprint density at radius 3 is 2.06 bits per heavy atom. The Labute approximate surface area is 194 Å². The number of hydrogen-bond acceptors (Lipinski definition) is 7. The van der Waals surface area contributed by atoms with E-state index in [9.17, 15) is 9.59 Å². The minimum Gasteiger partial charge on any atom is -0.478 e. The molecule has 10 heteroatoms. The smallest absolute Gasteiger partial charge is 0.478 e. The number of rotatable bonds is 21. The molecule has 0 saturated heterocycles. The lowest BCUT2D eigenvalue weighted by Gasteiger charge is -2.28. The van der Waals surface area contributed by atoms with Gasteiger partial charge in [0.05, 0.1) is 19.8 Å². The average molecular weight is 478 g/mol. The van der Waals surface area contributed by atoms with Crippen molar-refractivity contribution in [3.05, 3.63) is 11.6 Å². The molecule has 188 valence electrons. The Morgan fingerprint density at radius 1 is 0.875 bits per heavy atom. The first kappa shape index (κ1) is 30.5. The van der Waals surface area contributed by atoms with Crippen molar-refractivity contribution in [1.29, 1.82) is 0 Å². The van der Waals surface area contributed by atoms with Crippen LogP contribution in [-0.4, -0.2) is 72.2 Å². The second-order valence-corrected chi connectivity index (χ2v) is 9.89. The van der Waals surface area contributed by atoms with Gasteiger partial charge in [-0.1, -0.05) is 25.3 Å². The molecule has 0 saturated carbocycles. The molecule has 0 rings (SSSR count). The first-order chi connectivity index (χ1) is 15.4. The third kappa shape index (κ3) is 16.2. The van der Waals surface area contributed by atoms with E-state index in [-0.39, 0.29) is 0 Å². The fraction of sp³-hybridized carbons (Fsp3) is 0.818. The van der Waals surface area contributed by atoms with Crippen molar-refractivity contribution in [2.24, 2.45) is 0 Å². The van der Waals surface area contributed by atoms with Gasteiger partial charge in [-0.25, -0.2) is 9.59 Å². The van der Waals surface area contributed by atoms with E-state index < -0.39 is 20.9 Å². The number of unbranched alkanes of at least 4 members (excludes halogenated alkanes) is 4. The second kappa shape index (κ2) is 20.2. The normalized spacial score (nSPS) is 12.1. The Bertz CT molecular complexity index is 513. The van der Waals surface area contributed by atoms with E-state index in [1.165, 1.54) is 0 Å². The number of hydrogen-bond donors (Lipinski definition) is 2.